The molecule has 1 heterocycles. The van der Waals surface area contributed by atoms with Crippen LogP contribution in [0.2, 0.25) is 0 Å². The molecule has 1 saturated heterocycles. The van der Waals surface area contributed by atoms with Gasteiger partial charge < -0.3 is 24.6 Å². The van der Waals surface area contributed by atoms with Gasteiger partial charge in [-0.25, -0.2) is 9.59 Å². The molecule has 26 heavy (non-hydrogen) atoms. The summed E-state index contributed by atoms with van der Waals surface area (Å²) < 4.78 is 16.9. The van der Waals surface area contributed by atoms with Crippen molar-refractivity contribution in [2.24, 2.45) is 5.92 Å². The monoisotopic (exact) mass is 365 g/mol. The first kappa shape index (κ1) is 20.0. The number of rotatable bonds is 6. The highest BCUT2D eigenvalue weighted by Gasteiger charge is 2.35. The topological polar surface area (TPSA) is 94.1 Å². The number of esters is 1. The minimum atomic E-state index is -1.23. The summed E-state index contributed by atoms with van der Waals surface area (Å²) in [7, 11) is 1.65. The summed E-state index contributed by atoms with van der Waals surface area (Å²) in [6.07, 6.45) is 0.578. The lowest BCUT2D eigenvalue weighted by atomic mass is 9.89. The van der Waals surface area contributed by atoms with Crippen LogP contribution in [0.15, 0.2) is 30.3 Å². The van der Waals surface area contributed by atoms with E-state index in [1.165, 1.54) is 0 Å². The number of carboxylic acid groups (broad SMARTS) is 1. The van der Waals surface area contributed by atoms with E-state index in [1.54, 1.807) is 14.0 Å². The number of cyclic esters (lactones) is 1. The number of nitrogens with one attached hydrogen (secondary N) is 1. The fraction of sp³-hybridized carbons (Fsp3) is 0.579. The van der Waals surface area contributed by atoms with E-state index >= 15 is 0 Å². The molecule has 4 atom stereocenters. The van der Waals surface area contributed by atoms with Crippen LogP contribution in [0.3, 0.4) is 0 Å². The molecular weight excluding hydrogens is 338 g/mol. The van der Waals surface area contributed by atoms with Gasteiger partial charge in [0.1, 0.15) is 24.0 Å². The first-order valence-electron chi connectivity index (χ1n) is 8.92. The maximum Gasteiger partial charge on any atom is 0.405 e. The van der Waals surface area contributed by atoms with Crippen molar-refractivity contribution >= 4 is 12.1 Å². The highest BCUT2D eigenvalue weighted by Crippen LogP contribution is 2.28. The van der Waals surface area contributed by atoms with Crippen LogP contribution >= 0.6 is 0 Å². The summed E-state index contributed by atoms with van der Waals surface area (Å²) in [5.41, 5.74) is 0. The molecule has 0 aliphatic carbocycles. The molecule has 2 rings (SSSR count). The van der Waals surface area contributed by atoms with Crippen molar-refractivity contribution in [2.75, 3.05) is 13.7 Å². The Kier molecular flexibility index (Phi) is 7.72. The van der Waals surface area contributed by atoms with E-state index in [9.17, 15) is 9.59 Å². The third-order valence-electron chi connectivity index (χ3n) is 4.59. The Bertz CT molecular complexity index is 579. The minimum Gasteiger partial charge on any atom is -0.486 e. The number of amides is 1. The average Bonchev–Trinajstić information content (AvgIpc) is 2.66. The summed E-state index contributed by atoms with van der Waals surface area (Å²) >= 11 is 0. The summed E-state index contributed by atoms with van der Waals surface area (Å²) in [6, 6.07) is 8.56. The maximum atomic E-state index is 12.4. The van der Waals surface area contributed by atoms with Crippen LogP contribution in [0.4, 0.5) is 4.79 Å². The van der Waals surface area contributed by atoms with Gasteiger partial charge in [0.05, 0.1) is 0 Å². The number of hydrogen-bond acceptors (Lipinski definition) is 5. The van der Waals surface area contributed by atoms with Gasteiger partial charge in [-0.2, -0.15) is 0 Å². The number of benzene rings is 1. The molecule has 1 aliphatic heterocycles. The zero-order chi connectivity index (χ0) is 18.9. The van der Waals surface area contributed by atoms with Crippen LogP contribution in [0, 0.1) is 5.92 Å². The van der Waals surface area contributed by atoms with Gasteiger partial charge in [-0.3, -0.25) is 0 Å². The third kappa shape index (κ3) is 5.91. The van der Waals surface area contributed by atoms with Crippen molar-refractivity contribution in [3.05, 3.63) is 30.3 Å². The molecule has 7 nitrogen and oxygen atoms in total. The molecule has 0 bridgehead atoms. The van der Waals surface area contributed by atoms with Gasteiger partial charge in [-0.05, 0) is 38.3 Å². The summed E-state index contributed by atoms with van der Waals surface area (Å²) in [6.45, 7) is 2.37. The normalized spacial score (nSPS) is 26.8. The number of methoxy groups -OCH3 is 1. The molecule has 0 aromatic heterocycles. The molecule has 1 aromatic carbocycles. The van der Waals surface area contributed by atoms with Gasteiger partial charge in [0.15, 0.2) is 0 Å². The Morgan fingerprint density at radius 1 is 1.31 bits per heavy atom. The Balaban J connectivity index is 2.18. The number of hydrogen-bond donors (Lipinski definition) is 2. The second-order valence-electron chi connectivity index (χ2n) is 6.51. The molecule has 0 radical (unpaired) electrons. The van der Waals surface area contributed by atoms with Crippen molar-refractivity contribution in [3.8, 4) is 5.75 Å². The lowest BCUT2D eigenvalue weighted by Crippen LogP contribution is -2.44. The van der Waals surface area contributed by atoms with Crippen LogP contribution in [0.25, 0.3) is 0 Å². The van der Waals surface area contributed by atoms with Crippen molar-refractivity contribution in [2.45, 2.75) is 50.9 Å². The Labute approximate surface area is 153 Å². The Morgan fingerprint density at radius 2 is 2.04 bits per heavy atom. The van der Waals surface area contributed by atoms with Gasteiger partial charge in [-0.1, -0.05) is 24.6 Å². The molecule has 0 unspecified atom stereocenters. The van der Waals surface area contributed by atoms with Crippen molar-refractivity contribution < 1.29 is 28.9 Å². The van der Waals surface area contributed by atoms with E-state index in [0.717, 1.165) is 12.8 Å². The number of para-hydroxylation sites is 1. The first-order valence-corrected chi connectivity index (χ1v) is 8.92. The largest absolute Gasteiger partial charge is 0.486 e. The molecular formula is C19H27NO6. The highest BCUT2D eigenvalue weighted by atomic mass is 16.6. The van der Waals surface area contributed by atoms with E-state index in [-0.39, 0.29) is 12.0 Å². The molecule has 2 N–H and O–H groups in total. The van der Waals surface area contributed by atoms with E-state index in [2.05, 4.69) is 5.32 Å². The van der Waals surface area contributed by atoms with Crippen LogP contribution < -0.4 is 10.1 Å². The van der Waals surface area contributed by atoms with Crippen molar-refractivity contribution in [1.82, 2.24) is 5.32 Å². The van der Waals surface area contributed by atoms with E-state index in [4.69, 9.17) is 19.3 Å². The van der Waals surface area contributed by atoms with Crippen LogP contribution in [-0.2, 0) is 14.3 Å². The Hall–Kier alpha value is -2.28. The van der Waals surface area contributed by atoms with Gasteiger partial charge >= 0.3 is 12.1 Å². The van der Waals surface area contributed by atoms with Crippen LogP contribution in [0.5, 0.6) is 5.75 Å². The molecule has 1 aliphatic rings. The van der Waals surface area contributed by atoms with Crippen LogP contribution in [0.1, 0.15) is 32.6 Å². The summed E-state index contributed by atoms with van der Waals surface area (Å²) in [5, 5.41) is 11.2. The van der Waals surface area contributed by atoms with Crippen molar-refractivity contribution in [1.29, 1.82) is 0 Å². The number of ether oxygens (including phenoxy) is 3. The highest BCUT2D eigenvalue weighted by molar-refractivity contribution is 5.80. The van der Waals surface area contributed by atoms with Gasteiger partial charge in [0.25, 0.3) is 0 Å². The second kappa shape index (κ2) is 10.0. The maximum absolute atomic E-state index is 12.4. The molecule has 0 saturated carbocycles. The van der Waals surface area contributed by atoms with Gasteiger partial charge in [0, 0.05) is 19.6 Å². The summed E-state index contributed by atoms with van der Waals surface area (Å²) in [5.74, 6) is 0.276. The predicted octanol–water partition coefficient (Wildman–Crippen LogP) is 2.84. The van der Waals surface area contributed by atoms with E-state index in [1.807, 2.05) is 30.3 Å². The zero-order valence-electron chi connectivity index (χ0n) is 15.2. The standard InChI is InChI=1S/C19H27NO6/c1-13-17(26-15-8-4-3-5-9-15)14(11-12-24-2)7-6-10-16(18(21)25-13)20-19(22)23/h3-5,8-9,13-14,16-17,20H,6-7,10-12H2,1-2H3,(H,22,23)/t13-,14+,16-,17-/m0/s1. The third-order valence-corrected chi connectivity index (χ3v) is 4.59. The molecule has 144 valence electrons. The predicted molar refractivity (Wildman–Crippen MR) is 95.2 cm³/mol. The fourth-order valence-electron chi connectivity index (χ4n) is 3.29. The lowest BCUT2D eigenvalue weighted by Gasteiger charge is -2.31. The molecule has 1 aromatic rings. The first-order chi connectivity index (χ1) is 12.5. The molecule has 1 fully saturated rings. The van der Waals surface area contributed by atoms with E-state index < -0.39 is 24.2 Å². The summed E-state index contributed by atoms with van der Waals surface area (Å²) in [4.78, 5) is 23.3. The molecule has 0 spiro atoms. The lowest BCUT2D eigenvalue weighted by molar-refractivity contribution is -0.156. The quantitative estimate of drug-likeness (QED) is 0.753. The van der Waals surface area contributed by atoms with Gasteiger partial charge in [-0.15, -0.1) is 0 Å². The fourth-order valence-corrected chi connectivity index (χ4v) is 3.29. The smallest absolute Gasteiger partial charge is 0.405 e. The average molecular weight is 365 g/mol. The number of carbonyl (C=O) groups is 2. The molecule has 1 amide bonds. The number of carbonyl (C=O) groups excluding carboxylic acids is 1. The minimum absolute atomic E-state index is 0.126. The van der Waals surface area contributed by atoms with Crippen molar-refractivity contribution in [3.63, 3.8) is 0 Å². The van der Waals surface area contributed by atoms with Gasteiger partial charge in [0.2, 0.25) is 0 Å². The SMILES string of the molecule is COCC[C@H]1CCC[C@H](NC(=O)O)C(=O)O[C@@H](C)[C@@H]1Oc1ccccc1. The van der Waals surface area contributed by atoms with E-state index in [0.29, 0.717) is 25.2 Å². The molecule has 7 heteroatoms. The Morgan fingerprint density at radius 3 is 2.69 bits per heavy atom. The van der Waals surface area contributed by atoms with Crippen LogP contribution in [-0.4, -0.2) is 49.1 Å². The zero-order valence-corrected chi connectivity index (χ0v) is 15.2. The second-order valence-corrected chi connectivity index (χ2v) is 6.51.